The Morgan fingerprint density at radius 3 is 2.45 bits per heavy atom. The molecule has 0 atom stereocenters. The van der Waals surface area contributed by atoms with Gasteiger partial charge in [0.15, 0.2) is 0 Å². The molecule has 192 valence electrons. The van der Waals surface area contributed by atoms with E-state index in [1.807, 2.05) is 22.9 Å². The Morgan fingerprint density at radius 1 is 0.974 bits per heavy atom. The highest BCUT2D eigenvalue weighted by Gasteiger charge is 2.23. The molecule has 0 N–H and O–H groups in total. The first-order valence-electron chi connectivity index (χ1n) is 12.3. The first-order valence-corrected chi connectivity index (χ1v) is 12.6. The molecule has 1 saturated heterocycles. The molecular formula is C29H26ClN5O3. The van der Waals surface area contributed by atoms with Crippen LogP contribution in [0, 0.1) is 10.1 Å². The van der Waals surface area contributed by atoms with Gasteiger partial charge in [-0.2, -0.15) is 0 Å². The fourth-order valence-electron chi connectivity index (χ4n) is 4.55. The molecule has 5 rings (SSSR count). The van der Waals surface area contributed by atoms with E-state index in [9.17, 15) is 14.9 Å². The number of non-ortho nitro benzene ring substituents is 1. The minimum absolute atomic E-state index is 0.0751. The summed E-state index contributed by atoms with van der Waals surface area (Å²) in [6.45, 7) is 3.20. The Kier molecular flexibility index (Phi) is 7.51. The number of nitrogens with zero attached hydrogens (tertiary/aromatic N) is 5. The van der Waals surface area contributed by atoms with Crippen LogP contribution in [-0.2, 0) is 6.54 Å². The minimum Gasteiger partial charge on any atom is -0.368 e. The summed E-state index contributed by atoms with van der Waals surface area (Å²) < 4.78 is 2.00. The molecule has 0 spiro atoms. The van der Waals surface area contributed by atoms with Crippen molar-refractivity contribution in [3.05, 3.63) is 123 Å². The summed E-state index contributed by atoms with van der Waals surface area (Å²) in [4.78, 5) is 31.5. The van der Waals surface area contributed by atoms with Crippen LogP contribution < -0.4 is 4.90 Å². The lowest BCUT2D eigenvalue weighted by molar-refractivity contribution is -0.384. The van der Waals surface area contributed by atoms with E-state index in [0.717, 1.165) is 22.4 Å². The number of hydrogen-bond acceptors (Lipinski definition) is 5. The van der Waals surface area contributed by atoms with Gasteiger partial charge >= 0.3 is 0 Å². The Balaban J connectivity index is 1.18. The Morgan fingerprint density at radius 2 is 1.74 bits per heavy atom. The molecule has 0 saturated carbocycles. The lowest BCUT2D eigenvalue weighted by Gasteiger charge is -2.36. The monoisotopic (exact) mass is 527 g/mol. The number of carbonyl (C=O) groups excluding carboxylic acids is 1. The smallest absolute Gasteiger partial charge is 0.270 e. The standard InChI is InChI=1S/C29H26ClN5O3/c30-26-17-23(16-24(18-26)20-32-11-10-31-21-32)5-4-22-6-8-27(9-7-22)33-12-14-34(15-13-33)29(36)25-2-1-3-28(19-25)35(37)38/h1-11,16-19,21H,12-15,20H2/b5-4+. The van der Waals surface area contributed by atoms with Crippen molar-refractivity contribution in [2.45, 2.75) is 6.54 Å². The van der Waals surface area contributed by atoms with Crippen molar-refractivity contribution in [3.63, 3.8) is 0 Å². The summed E-state index contributed by atoms with van der Waals surface area (Å²) in [5, 5.41) is 11.7. The van der Waals surface area contributed by atoms with E-state index in [0.29, 0.717) is 43.3 Å². The van der Waals surface area contributed by atoms with Crippen LogP contribution in [0.1, 0.15) is 27.0 Å². The van der Waals surface area contributed by atoms with E-state index >= 15 is 0 Å². The maximum absolute atomic E-state index is 12.8. The van der Waals surface area contributed by atoms with E-state index in [-0.39, 0.29) is 11.6 Å². The third-order valence-electron chi connectivity index (χ3n) is 6.50. The number of nitro groups is 1. The fraction of sp³-hybridized carbons (Fsp3) is 0.172. The van der Waals surface area contributed by atoms with E-state index in [2.05, 4.69) is 52.4 Å². The summed E-state index contributed by atoms with van der Waals surface area (Å²) >= 11 is 6.35. The maximum atomic E-state index is 12.8. The Bertz CT molecular complexity index is 1460. The van der Waals surface area contributed by atoms with Crippen LogP contribution in [0.3, 0.4) is 0 Å². The third-order valence-corrected chi connectivity index (χ3v) is 6.72. The number of aromatic nitrogens is 2. The number of benzene rings is 3. The van der Waals surface area contributed by atoms with Crippen LogP contribution in [0.2, 0.25) is 5.02 Å². The predicted octanol–water partition coefficient (Wildman–Crippen LogP) is 5.63. The van der Waals surface area contributed by atoms with E-state index in [1.54, 1.807) is 29.6 Å². The van der Waals surface area contributed by atoms with Crippen molar-refractivity contribution in [2.75, 3.05) is 31.1 Å². The van der Waals surface area contributed by atoms with Crippen molar-refractivity contribution < 1.29 is 9.72 Å². The highest BCUT2D eigenvalue weighted by molar-refractivity contribution is 6.30. The number of imidazole rings is 1. The minimum atomic E-state index is -0.483. The molecule has 1 aliphatic heterocycles. The molecule has 4 aromatic rings. The van der Waals surface area contributed by atoms with Crippen LogP contribution in [-0.4, -0.2) is 51.5 Å². The first-order chi connectivity index (χ1) is 18.4. The van der Waals surface area contributed by atoms with E-state index < -0.39 is 4.92 Å². The summed E-state index contributed by atoms with van der Waals surface area (Å²) in [7, 11) is 0. The zero-order valence-corrected chi connectivity index (χ0v) is 21.4. The predicted molar refractivity (Wildman–Crippen MR) is 149 cm³/mol. The van der Waals surface area contributed by atoms with Gasteiger partial charge in [-0.25, -0.2) is 4.98 Å². The second-order valence-corrected chi connectivity index (χ2v) is 9.58. The zero-order chi connectivity index (χ0) is 26.5. The number of piperazine rings is 1. The van der Waals surface area contributed by atoms with Gasteiger partial charge in [-0.15, -0.1) is 0 Å². The van der Waals surface area contributed by atoms with Gasteiger partial charge in [0.1, 0.15) is 0 Å². The van der Waals surface area contributed by atoms with Gasteiger partial charge in [0.2, 0.25) is 0 Å². The second kappa shape index (κ2) is 11.3. The summed E-state index contributed by atoms with van der Waals surface area (Å²) in [6, 6.07) is 20.2. The number of anilines is 1. The number of nitro benzene ring substituents is 1. The average molecular weight is 528 g/mol. The van der Waals surface area contributed by atoms with Crippen molar-refractivity contribution in [1.29, 1.82) is 0 Å². The van der Waals surface area contributed by atoms with Crippen LogP contribution in [0.15, 0.2) is 85.5 Å². The number of amides is 1. The van der Waals surface area contributed by atoms with Gasteiger partial charge in [0.05, 0.1) is 11.3 Å². The highest BCUT2D eigenvalue weighted by atomic mass is 35.5. The number of carbonyl (C=O) groups is 1. The molecule has 0 unspecified atom stereocenters. The van der Waals surface area contributed by atoms with E-state index in [4.69, 9.17) is 11.6 Å². The first kappa shape index (κ1) is 25.2. The molecule has 1 aliphatic rings. The quantitative estimate of drug-likeness (QED) is 0.177. The molecule has 0 bridgehead atoms. The number of halogens is 1. The van der Waals surface area contributed by atoms with Crippen LogP contribution in [0.5, 0.6) is 0 Å². The molecule has 2 heterocycles. The van der Waals surface area contributed by atoms with Gasteiger partial charge < -0.3 is 14.4 Å². The molecule has 0 radical (unpaired) electrons. The van der Waals surface area contributed by atoms with Crippen LogP contribution in [0.4, 0.5) is 11.4 Å². The molecule has 3 aromatic carbocycles. The molecule has 1 fully saturated rings. The van der Waals surface area contributed by atoms with Gasteiger partial charge in [-0.3, -0.25) is 14.9 Å². The molecule has 8 nitrogen and oxygen atoms in total. The van der Waals surface area contributed by atoms with E-state index in [1.165, 1.54) is 12.1 Å². The van der Waals surface area contributed by atoms with Crippen LogP contribution in [0.25, 0.3) is 12.2 Å². The van der Waals surface area contributed by atoms with Crippen molar-refractivity contribution in [3.8, 4) is 0 Å². The van der Waals surface area contributed by atoms with Crippen LogP contribution >= 0.6 is 11.6 Å². The summed E-state index contributed by atoms with van der Waals surface area (Å²) in [5.74, 6) is -0.178. The fourth-order valence-corrected chi connectivity index (χ4v) is 4.81. The Labute approximate surface area is 225 Å². The normalized spacial score (nSPS) is 13.7. The van der Waals surface area contributed by atoms with Gasteiger partial charge in [-0.05, 0) is 53.1 Å². The summed E-state index contributed by atoms with van der Waals surface area (Å²) in [5.41, 5.74) is 4.57. The van der Waals surface area contributed by atoms with Gasteiger partial charge in [-0.1, -0.05) is 42.0 Å². The molecule has 0 aliphatic carbocycles. The highest BCUT2D eigenvalue weighted by Crippen LogP contribution is 2.22. The SMILES string of the molecule is O=C(c1cccc([N+](=O)[O-])c1)N1CCN(c2ccc(/C=C/c3cc(Cl)cc(Cn4ccnc4)c3)cc2)CC1. The van der Waals surface area contributed by atoms with Crippen molar-refractivity contribution in [1.82, 2.24) is 14.5 Å². The van der Waals surface area contributed by atoms with Crippen molar-refractivity contribution in [2.24, 2.45) is 0 Å². The molecular weight excluding hydrogens is 502 g/mol. The third kappa shape index (κ3) is 6.10. The topological polar surface area (TPSA) is 84.5 Å². The molecule has 1 aromatic heterocycles. The lowest BCUT2D eigenvalue weighted by Crippen LogP contribution is -2.48. The molecule has 38 heavy (non-hydrogen) atoms. The second-order valence-electron chi connectivity index (χ2n) is 9.14. The number of hydrogen-bond donors (Lipinski definition) is 0. The zero-order valence-electron chi connectivity index (χ0n) is 20.6. The van der Waals surface area contributed by atoms with Crippen molar-refractivity contribution >= 4 is 41.0 Å². The lowest BCUT2D eigenvalue weighted by atomic mass is 10.1. The Hall–Kier alpha value is -4.43. The van der Waals surface area contributed by atoms with Gasteiger partial charge in [0.25, 0.3) is 11.6 Å². The maximum Gasteiger partial charge on any atom is 0.270 e. The molecule has 9 heteroatoms. The largest absolute Gasteiger partial charge is 0.368 e. The summed E-state index contributed by atoms with van der Waals surface area (Å²) in [6.07, 6.45) is 9.58. The average Bonchev–Trinajstić information content (AvgIpc) is 3.45. The number of rotatable bonds is 7. The van der Waals surface area contributed by atoms with Gasteiger partial charge in [0, 0.05) is 73.5 Å². The molecule has 1 amide bonds.